The van der Waals surface area contributed by atoms with E-state index in [1.165, 1.54) is 6.20 Å². The lowest BCUT2D eigenvalue weighted by atomic mass is 9.71. The molecule has 1 aromatic heterocycles. The molecule has 2 aliphatic heterocycles. The topological polar surface area (TPSA) is 50.3 Å². The van der Waals surface area contributed by atoms with Crippen molar-refractivity contribution >= 4 is 27.1 Å². The van der Waals surface area contributed by atoms with E-state index in [9.17, 15) is 12.8 Å². The Morgan fingerprint density at radius 3 is 2.30 bits per heavy atom. The molecule has 0 radical (unpaired) electrons. The quantitative estimate of drug-likeness (QED) is 0.796. The zero-order chi connectivity index (χ0) is 14.8. The predicted molar refractivity (Wildman–Crippen MR) is 76.3 cm³/mol. The largest absolute Gasteiger partial charge is 0.367 e. The molecule has 2 fully saturated rings. The number of fused-ring (bicyclic) bond motifs is 1. The average molecular weight is 319 g/mol. The Balaban J connectivity index is 2.00. The fourth-order valence-corrected chi connectivity index (χ4v) is 6.80. The molecule has 1 aromatic rings. The molecule has 0 unspecified atom stereocenters. The van der Waals surface area contributed by atoms with E-state index in [4.69, 9.17) is 11.6 Å². The summed E-state index contributed by atoms with van der Waals surface area (Å²) in [6.45, 7) is 4.90. The number of pyridine rings is 1. The van der Waals surface area contributed by atoms with Gasteiger partial charge in [0, 0.05) is 30.1 Å². The maximum Gasteiger partial charge on any atom is 0.166 e. The SMILES string of the molecule is C[C@@]12CN(c3c(F)cncc3Cl)C[C@]1(C)CS(=O)(=O)C2. The van der Waals surface area contributed by atoms with Gasteiger partial charge in [0.15, 0.2) is 15.7 Å². The first-order valence-corrected chi connectivity index (χ1v) is 8.60. The Hall–Kier alpha value is -0.880. The van der Waals surface area contributed by atoms with Crippen LogP contribution < -0.4 is 4.90 Å². The van der Waals surface area contributed by atoms with Crippen molar-refractivity contribution < 1.29 is 12.8 Å². The Labute approximate surface area is 122 Å². The third kappa shape index (κ3) is 1.92. The van der Waals surface area contributed by atoms with Crippen LogP contribution in [0, 0.1) is 16.6 Å². The number of anilines is 1. The zero-order valence-electron chi connectivity index (χ0n) is 11.4. The fraction of sp³-hybridized carbons (Fsp3) is 0.615. The number of halogens is 2. The summed E-state index contributed by atoms with van der Waals surface area (Å²) >= 11 is 6.05. The monoisotopic (exact) mass is 318 g/mol. The van der Waals surface area contributed by atoms with Gasteiger partial charge in [-0.25, -0.2) is 12.8 Å². The van der Waals surface area contributed by atoms with E-state index in [-0.39, 0.29) is 27.4 Å². The van der Waals surface area contributed by atoms with E-state index in [1.54, 1.807) is 0 Å². The molecule has 7 heteroatoms. The lowest BCUT2D eigenvalue weighted by Gasteiger charge is -2.29. The van der Waals surface area contributed by atoms with Gasteiger partial charge in [0.25, 0.3) is 0 Å². The van der Waals surface area contributed by atoms with Crippen LogP contribution >= 0.6 is 11.6 Å². The molecule has 0 amide bonds. The van der Waals surface area contributed by atoms with Gasteiger partial charge in [-0.15, -0.1) is 0 Å². The Morgan fingerprint density at radius 1 is 1.25 bits per heavy atom. The van der Waals surface area contributed by atoms with E-state index in [2.05, 4.69) is 4.98 Å². The van der Waals surface area contributed by atoms with Crippen molar-refractivity contribution in [1.82, 2.24) is 4.98 Å². The number of hydrogen-bond acceptors (Lipinski definition) is 4. The number of hydrogen-bond donors (Lipinski definition) is 0. The maximum absolute atomic E-state index is 14.0. The molecule has 4 nitrogen and oxygen atoms in total. The summed E-state index contributed by atoms with van der Waals surface area (Å²) in [4.78, 5) is 5.57. The molecule has 2 aliphatic rings. The standard InChI is InChI=1S/C13H16ClFN2O2S/c1-12-5-17(11-9(14)3-16-4-10(11)15)6-13(12,2)8-20(18,19)7-12/h3-4H,5-8H2,1-2H3/t12-,13+. The molecule has 2 saturated heterocycles. The van der Waals surface area contributed by atoms with Crippen LogP contribution in [0.4, 0.5) is 10.1 Å². The molecule has 0 aliphatic carbocycles. The van der Waals surface area contributed by atoms with Crippen LogP contribution in [-0.2, 0) is 9.84 Å². The minimum Gasteiger partial charge on any atom is -0.367 e. The first-order chi connectivity index (χ1) is 9.16. The fourth-order valence-electron chi connectivity index (χ4n) is 3.61. The molecule has 0 spiro atoms. The number of rotatable bonds is 1. The van der Waals surface area contributed by atoms with E-state index in [0.717, 1.165) is 6.20 Å². The normalized spacial score (nSPS) is 35.3. The van der Waals surface area contributed by atoms with Crippen molar-refractivity contribution in [2.45, 2.75) is 13.8 Å². The van der Waals surface area contributed by atoms with Gasteiger partial charge in [-0.2, -0.15) is 0 Å². The Kier molecular flexibility index (Phi) is 2.86. The van der Waals surface area contributed by atoms with E-state index in [1.807, 2.05) is 18.7 Å². The van der Waals surface area contributed by atoms with E-state index >= 15 is 0 Å². The summed E-state index contributed by atoms with van der Waals surface area (Å²) in [5.41, 5.74) is -0.411. The maximum atomic E-state index is 14.0. The summed E-state index contributed by atoms with van der Waals surface area (Å²) in [5, 5.41) is 0.264. The van der Waals surface area contributed by atoms with Gasteiger partial charge < -0.3 is 4.90 Å². The van der Waals surface area contributed by atoms with Gasteiger partial charge in [0.05, 0.1) is 28.4 Å². The molecular weight excluding hydrogens is 303 g/mol. The highest BCUT2D eigenvalue weighted by Gasteiger charge is 2.60. The van der Waals surface area contributed by atoms with Gasteiger partial charge in [0.2, 0.25) is 0 Å². The van der Waals surface area contributed by atoms with Crippen molar-refractivity contribution in [1.29, 1.82) is 0 Å². The van der Waals surface area contributed by atoms with Crippen molar-refractivity contribution in [3.8, 4) is 0 Å². The van der Waals surface area contributed by atoms with Crippen LogP contribution in [0.15, 0.2) is 12.4 Å². The summed E-state index contributed by atoms with van der Waals surface area (Å²) in [5.74, 6) is -0.165. The predicted octanol–water partition coefficient (Wildman–Crippen LogP) is 2.14. The van der Waals surface area contributed by atoms with Crippen LogP contribution in [0.2, 0.25) is 5.02 Å². The third-order valence-electron chi connectivity index (χ3n) is 4.76. The average Bonchev–Trinajstić information content (AvgIpc) is 2.56. The molecule has 3 heterocycles. The smallest absolute Gasteiger partial charge is 0.166 e. The summed E-state index contributed by atoms with van der Waals surface area (Å²) in [7, 11) is -3.01. The van der Waals surface area contributed by atoms with Crippen molar-refractivity contribution in [2.75, 3.05) is 29.5 Å². The Bertz CT molecular complexity index is 635. The highest BCUT2D eigenvalue weighted by molar-refractivity contribution is 7.91. The number of nitrogens with zero attached hydrogens (tertiary/aromatic N) is 2. The molecule has 20 heavy (non-hydrogen) atoms. The molecular formula is C13H16ClFN2O2S. The van der Waals surface area contributed by atoms with Gasteiger partial charge in [-0.05, 0) is 0 Å². The van der Waals surface area contributed by atoms with Crippen LogP contribution in [0.25, 0.3) is 0 Å². The third-order valence-corrected chi connectivity index (χ3v) is 7.19. The van der Waals surface area contributed by atoms with Crippen LogP contribution in [0.3, 0.4) is 0 Å². The van der Waals surface area contributed by atoms with Crippen molar-refractivity contribution in [3.05, 3.63) is 23.2 Å². The van der Waals surface area contributed by atoms with E-state index in [0.29, 0.717) is 18.8 Å². The molecule has 3 rings (SSSR count). The summed E-state index contributed by atoms with van der Waals surface area (Å²) < 4.78 is 37.8. The van der Waals surface area contributed by atoms with Gasteiger partial charge in [0.1, 0.15) is 0 Å². The van der Waals surface area contributed by atoms with Gasteiger partial charge in [-0.1, -0.05) is 25.4 Å². The van der Waals surface area contributed by atoms with Crippen LogP contribution in [0.5, 0.6) is 0 Å². The minimum absolute atomic E-state index is 0.150. The second kappa shape index (κ2) is 4.07. The van der Waals surface area contributed by atoms with E-state index < -0.39 is 15.7 Å². The first kappa shape index (κ1) is 14.1. The lowest BCUT2D eigenvalue weighted by molar-refractivity contribution is 0.212. The summed E-state index contributed by atoms with van der Waals surface area (Å²) in [6, 6.07) is 0. The van der Waals surface area contributed by atoms with Crippen LogP contribution in [0.1, 0.15) is 13.8 Å². The molecule has 0 bridgehead atoms. The van der Waals surface area contributed by atoms with Crippen LogP contribution in [-0.4, -0.2) is 38.0 Å². The molecule has 0 N–H and O–H groups in total. The zero-order valence-corrected chi connectivity index (χ0v) is 12.9. The Morgan fingerprint density at radius 2 is 1.80 bits per heavy atom. The van der Waals surface area contributed by atoms with Gasteiger partial charge >= 0.3 is 0 Å². The van der Waals surface area contributed by atoms with Crippen molar-refractivity contribution in [3.63, 3.8) is 0 Å². The van der Waals surface area contributed by atoms with Gasteiger partial charge in [-0.3, -0.25) is 4.98 Å². The minimum atomic E-state index is -3.01. The number of aromatic nitrogens is 1. The highest BCUT2D eigenvalue weighted by atomic mass is 35.5. The lowest BCUT2D eigenvalue weighted by Crippen LogP contribution is -2.34. The molecule has 0 saturated carbocycles. The second-order valence-corrected chi connectivity index (χ2v) is 8.93. The van der Waals surface area contributed by atoms with Crippen molar-refractivity contribution in [2.24, 2.45) is 10.8 Å². The molecule has 2 atom stereocenters. The highest BCUT2D eigenvalue weighted by Crippen LogP contribution is 2.54. The molecule has 0 aromatic carbocycles. The summed E-state index contributed by atoms with van der Waals surface area (Å²) in [6.07, 6.45) is 2.55. The second-order valence-electron chi connectivity index (χ2n) is 6.46. The first-order valence-electron chi connectivity index (χ1n) is 6.40. The number of sulfone groups is 1. The molecule has 110 valence electrons.